The summed E-state index contributed by atoms with van der Waals surface area (Å²) >= 11 is 0. The molecule has 0 bridgehead atoms. The van der Waals surface area contributed by atoms with Crippen LogP contribution in [0.1, 0.15) is 36.1 Å². The minimum atomic E-state index is 0.439. The maximum atomic E-state index is 2.52. The lowest BCUT2D eigenvalue weighted by Crippen LogP contribution is -2.07. The number of hydrogen-bond donors (Lipinski definition) is 0. The first-order valence-corrected chi connectivity index (χ1v) is 16.6. The van der Waals surface area contributed by atoms with Gasteiger partial charge in [-0.2, -0.15) is 0 Å². The van der Waals surface area contributed by atoms with Gasteiger partial charge < -0.3 is 13.7 Å². The first-order chi connectivity index (χ1) is 23.2. The zero-order chi connectivity index (χ0) is 31.2. The van der Waals surface area contributed by atoms with Gasteiger partial charge in [-0.25, -0.2) is 0 Å². The molecule has 0 N–H and O–H groups in total. The van der Waals surface area contributed by atoms with Gasteiger partial charge in [-0.3, -0.25) is 0 Å². The van der Waals surface area contributed by atoms with E-state index in [2.05, 4.69) is 173 Å². The van der Waals surface area contributed by atoms with Crippen molar-refractivity contribution in [3.8, 4) is 17.1 Å². The van der Waals surface area contributed by atoms with Gasteiger partial charge in [0.05, 0.1) is 27.6 Å². The Bertz CT molecular complexity index is 2690. The van der Waals surface area contributed by atoms with Crippen LogP contribution in [0.5, 0.6) is 0 Å². The van der Waals surface area contributed by atoms with Gasteiger partial charge in [0.25, 0.3) is 0 Å². The summed E-state index contributed by atoms with van der Waals surface area (Å²) < 4.78 is 7.38. The normalized spacial score (nSPS) is 14.6. The highest BCUT2D eigenvalue weighted by Gasteiger charge is 2.24. The van der Waals surface area contributed by atoms with Crippen molar-refractivity contribution in [2.45, 2.75) is 26.2 Å². The molecule has 0 amide bonds. The van der Waals surface area contributed by atoms with Gasteiger partial charge in [0.15, 0.2) is 0 Å². The topological polar surface area (TPSA) is 14.8 Å². The molecule has 224 valence electrons. The second-order valence-corrected chi connectivity index (χ2v) is 13.1. The first kappa shape index (κ1) is 26.4. The highest BCUT2D eigenvalue weighted by Crippen LogP contribution is 2.42. The van der Waals surface area contributed by atoms with Gasteiger partial charge in [0.2, 0.25) is 0 Å². The van der Waals surface area contributed by atoms with Crippen molar-refractivity contribution < 1.29 is 0 Å². The van der Waals surface area contributed by atoms with Crippen LogP contribution in [0, 0.1) is 6.92 Å². The highest BCUT2D eigenvalue weighted by molar-refractivity contribution is 6.12. The summed E-state index contributed by atoms with van der Waals surface area (Å²) in [6, 6.07) is 49.3. The van der Waals surface area contributed by atoms with E-state index in [0.717, 1.165) is 6.42 Å². The van der Waals surface area contributed by atoms with Crippen LogP contribution in [0.15, 0.2) is 140 Å². The quantitative estimate of drug-likeness (QED) is 0.191. The molecule has 1 aliphatic carbocycles. The molecule has 9 aromatic rings. The standard InChI is InChI=1S/C44H33N3/c1-28-11-9-13-30(25-28)45-42-23-21-31(46-39-18-6-3-14-33(39)34-15-4-7-19-40(34)46)26-37(42)38-27-32(22-24-43(38)45)47-41-20-8-5-16-35(41)36-17-10-12-29(2)44(36)47/h3-11,13-27,29H,12H2,1-2H3. The molecule has 0 radical (unpaired) electrons. The van der Waals surface area contributed by atoms with Crippen molar-refractivity contribution in [2.75, 3.05) is 0 Å². The van der Waals surface area contributed by atoms with Gasteiger partial charge in [-0.15, -0.1) is 0 Å². The molecule has 3 nitrogen and oxygen atoms in total. The molecule has 1 atom stereocenters. The number of aromatic nitrogens is 3. The minimum Gasteiger partial charge on any atom is -0.313 e. The van der Waals surface area contributed by atoms with Crippen molar-refractivity contribution in [3.63, 3.8) is 0 Å². The van der Waals surface area contributed by atoms with E-state index in [9.17, 15) is 0 Å². The Morgan fingerprint density at radius 1 is 0.468 bits per heavy atom. The monoisotopic (exact) mass is 603 g/mol. The van der Waals surface area contributed by atoms with E-state index in [-0.39, 0.29) is 0 Å². The Morgan fingerprint density at radius 3 is 1.60 bits per heavy atom. The molecule has 10 rings (SSSR count). The fourth-order valence-corrected chi connectivity index (χ4v) is 8.25. The highest BCUT2D eigenvalue weighted by atomic mass is 15.0. The third-order valence-corrected chi connectivity index (χ3v) is 10.3. The molecule has 0 saturated carbocycles. The summed E-state index contributed by atoms with van der Waals surface area (Å²) in [5.74, 6) is 0.439. The van der Waals surface area contributed by atoms with Crippen LogP contribution in [0.4, 0.5) is 0 Å². The van der Waals surface area contributed by atoms with Crippen molar-refractivity contribution in [2.24, 2.45) is 0 Å². The van der Waals surface area contributed by atoms with Crippen LogP contribution in [0.3, 0.4) is 0 Å². The molecule has 47 heavy (non-hydrogen) atoms. The summed E-state index contributed by atoms with van der Waals surface area (Å²) in [4.78, 5) is 0. The molecule has 1 unspecified atom stereocenters. The second kappa shape index (κ2) is 9.85. The summed E-state index contributed by atoms with van der Waals surface area (Å²) in [6.07, 6.45) is 5.72. The van der Waals surface area contributed by atoms with Crippen LogP contribution < -0.4 is 0 Å². The number of hydrogen-bond acceptors (Lipinski definition) is 0. The number of fused-ring (bicyclic) bond motifs is 9. The predicted octanol–water partition coefficient (Wildman–Crippen LogP) is 11.7. The number of benzene rings is 6. The van der Waals surface area contributed by atoms with E-state index >= 15 is 0 Å². The number of nitrogens with zero attached hydrogens (tertiary/aromatic N) is 3. The third-order valence-electron chi connectivity index (χ3n) is 10.3. The van der Waals surface area contributed by atoms with Crippen LogP contribution in [0.2, 0.25) is 0 Å². The zero-order valence-electron chi connectivity index (χ0n) is 26.5. The Morgan fingerprint density at radius 2 is 0.979 bits per heavy atom. The van der Waals surface area contributed by atoms with E-state index in [1.54, 1.807) is 0 Å². The maximum absolute atomic E-state index is 2.52. The molecule has 0 fully saturated rings. The molecule has 3 aromatic heterocycles. The molecule has 0 saturated heterocycles. The van der Waals surface area contributed by atoms with Crippen LogP contribution in [0.25, 0.3) is 77.7 Å². The van der Waals surface area contributed by atoms with E-state index in [4.69, 9.17) is 0 Å². The SMILES string of the molecule is Cc1cccc(-n2c3ccc(-n4c5c(c6ccccc64)C=CCC5C)cc3c3cc(-n4c5ccccc5c5ccccc54)ccc32)c1. The van der Waals surface area contributed by atoms with Gasteiger partial charge in [0.1, 0.15) is 0 Å². The Labute approximate surface area is 273 Å². The smallest absolute Gasteiger partial charge is 0.0542 e. The minimum absolute atomic E-state index is 0.439. The molecular weight excluding hydrogens is 571 g/mol. The summed E-state index contributed by atoms with van der Waals surface area (Å²) in [5, 5.41) is 6.38. The van der Waals surface area contributed by atoms with Gasteiger partial charge in [0, 0.05) is 61.2 Å². The molecule has 3 heterocycles. The predicted molar refractivity (Wildman–Crippen MR) is 199 cm³/mol. The second-order valence-electron chi connectivity index (χ2n) is 13.1. The Hall–Kier alpha value is -5.80. The van der Waals surface area contributed by atoms with Crippen LogP contribution >= 0.6 is 0 Å². The zero-order valence-corrected chi connectivity index (χ0v) is 26.5. The van der Waals surface area contributed by atoms with E-state index in [0.29, 0.717) is 5.92 Å². The molecule has 0 spiro atoms. The Balaban J connectivity index is 1.30. The van der Waals surface area contributed by atoms with Crippen molar-refractivity contribution in [3.05, 3.63) is 156 Å². The van der Waals surface area contributed by atoms with E-state index in [1.807, 2.05) is 0 Å². The lowest BCUT2D eigenvalue weighted by atomic mass is 9.93. The maximum Gasteiger partial charge on any atom is 0.0542 e. The molecule has 0 aliphatic heterocycles. The van der Waals surface area contributed by atoms with E-state index < -0.39 is 0 Å². The summed E-state index contributed by atoms with van der Waals surface area (Å²) in [6.45, 7) is 4.53. The Kier molecular flexibility index (Phi) is 5.54. The summed E-state index contributed by atoms with van der Waals surface area (Å²) in [7, 11) is 0. The average Bonchev–Trinajstić information content (AvgIpc) is 3.74. The lowest BCUT2D eigenvalue weighted by molar-refractivity contribution is 0.723. The number of para-hydroxylation sites is 3. The lowest BCUT2D eigenvalue weighted by Gasteiger charge is -2.19. The molecule has 6 aromatic carbocycles. The summed E-state index contributed by atoms with van der Waals surface area (Å²) in [5.41, 5.74) is 13.7. The molecule has 1 aliphatic rings. The number of rotatable bonds is 3. The van der Waals surface area contributed by atoms with Crippen molar-refractivity contribution in [1.82, 2.24) is 13.7 Å². The average molecular weight is 604 g/mol. The van der Waals surface area contributed by atoms with Gasteiger partial charge in [-0.1, -0.05) is 85.8 Å². The first-order valence-electron chi connectivity index (χ1n) is 16.6. The number of allylic oxidation sites excluding steroid dienone is 1. The van der Waals surface area contributed by atoms with Crippen LogP contribution in [-0.2, 0) is 0 Å². The number of aryl methyl sites for hydroxylation is 1. The third kappa shape index (κ3) is 3.74. The van der Waals surface area contributed by atoms with Crippen molar-refractivity contribution >= 4 is 60.6 Å². The largest absolute Gasteiger partial charge is 0.313 e. The van der Waals surface area contributed by atoms with Crippen molar-refractivity contribution in [1.29, 1.82) is 0 Å². The molecule has 3 heteroatoms. The fourth-order valence-electron chi connectivity index (χ4n) is 8.25. The molecular formula is C44H33N3. The van der Waals surface area contributed by atoms with E-state index in [1.165, 1.54) is 88.4 Å². The van der Waals surface area contributed by atoms with Crippen LogP contribution in [-0.4, -0.2) is 13.7 Å². The fraction of sp³-hybridized carbons (Fsp3) is 0.0909. The van der Waals surface area contributed by atoms with Gasteiger partial charge in [-0.05, 0) is 85.6 Å². The van der Waals surface area contributed by atoms with Gasteiger partial charge >= 0.3 is 0 Å².